The molecule has 3 aromatic rings. The Hall–Kier alpha value is -3.48. The summed E-state index contributed by atoms with van der Waals surface area (Å²) in [4.78, 5) is 21.9. The normalized spacial score (nSPS) is 21.4. The lowest BCUT2D eigenvalue weighted by molar-refractivity contribution is -0.0351. The maximum Gasteiger partial charge on any atom is 0.254 e. The summed E-state index contributed by atoms with van der Waals surface area (Å²) in [5.74, 6) is -0.0386. The number of nitrogens with zero attached hydrogens (tertiary/aromatic N) is 6. The molecule has 2 aliphatic heterocycles. The third kappa shape index (κ3) is 5.06. The number of hydrogen-bond acceptors (Lipinski definition) is 7. The maximum atomic E-state index is 12.7. The number of nitriles is 1. The maximum absolute atomic E-state index is 12.7. The summed E-state index contributed by atoms with van der Waals surface area (Å²) in [5.41, 5.74) is 3.85. The molecule has 2 aromatic heterocycles. The molecular weight excluding hydrogens is 454 g/mol. The fraction of sp³-hybridized carbons (Fsp3) is 0.481. The SMILES string of the molecule is Cc1nn(C)cc1C(=O)NC1CCN(C[C@H]2CN(c3ccc(C#N)c4ncccc34)C[C@@H](C)O2)CC1. The first-order valence-electron chi connectivity index (χ1n) is 12.6. The van der Waals surface area contributed by atoms with Crippen molar-refractivity contribution in [2.24, 2.45) is 7.05 Å². The molecule has 1 aromatic carbocycles. The quantitative estimate of drug-likeness (QED) is 0.591. The number of anilines is 1. The van der Waals surface area contributed by atoms with Gasteiger partial charge in [0.2, 0.25) is 0 Å². The Bertz CT molecular complexity index is 1290. The first-order valence-corrected chi connectivity index (χ1v) is 12.6. The molecule has 9 heteroatoms. The van der Waals surface area contributed by atoms with Crippen LogP contribution in [0.5, 0.6) is 0 Å². The van der Waals surface area contributed by atoms with Gasteiger partial charge in [0.15, 0.2) is 0 Å². The summed E-state index contributed by atoms with van der Waals surface area (Å²) < 4.78 is 8.01. The Morgan fingerprint density at radius 1 is 1.25 bits per heavy atom. The average Bonchev–Trinajstić information content (AvgIpc) is 3.22. The van der Waals surface area contributed by atoms with Gasteiger partial charge in [0, 0.05) is 69.3 Å². The molecular formula is C27H33N7O2. The minimum absolute atomic E-state index is 0.0386. The van der Waals surface area contributed by atoms with Crippen LogP contribution in [-0.4, -0.2) is 76.5 Å². The third-order valence-corrected chi connectivity index (χ3v) is 7.18. The Labute approximate surface area is 211 Å². The summed E-state index contributed by atoms with van der Waals surface area (Å²) in [5, 5.41) is 18.0. The molecule has 5 rings (SSSR count). The zero-order chi connectivity index (χ0) is 25.2. The van der Waals surface area contributed by atoms with Gasteiger partial charge < -0.3 is 19.9 Å². The number of morpholine rings is 1. The lowest BCUT2D eigenvalue weighted by Gasteiger charge is -2.41. The van der Waals surface area contributed by atoms with Crippen molar-refractivity contribution in [2.45, 2.75) is 44.9 Å². The molecule has 36 heavy (non-hydrogen) atoms. The van der Waals surface area contributed by atoms with E-state index in [0.717, 1.165) is 67.8 Å². The molecule has 2 atom stereocenters. The lowest BCUT2D eigenvalue weighted by Crippen LogP contribution is -2.53. The molecule has 1 N–H and O–H groups in total. The highest BCUT2D eigenvalue weighted by Gasteiger charge is 2.30. The summed E-state index contributed by atoms with van der Waals surface area (Å²) in [6.45, 7) is 8.28. The van der Waals surface area contributed by atoms with Crippen molar-refractivity contribution in [3.8, 4) is 6.07 Å². The second-order valence-electron chi connectivity index (χ2n) is 9.97. The summed E-state index contributed by atoms with van der Waals surface area (Å²) >= 11 is 0. The highest BCUT2D eigenvalue weighted by molar-refractivity contribution is 5.95. The van der Waals surface area contributed by atoms with Crippen LogP contribution in [0.4, 0.5) is 5.69 Å². The van der Waals surface area contributed by atoms with E-state index < -0.39 is 0 Å². The fourth-order valence-corrected chi connectivity index (χ4v) is 5.50. The van der Waals surface area contributed by atoms with E-state index in [-0.39, 0.29) is 24.2 Å². The number of benzene rings is 1. The molecule has 9 nitrogen and oxygen atoms in total. The van der Waals surface area contributed by atoms with E-state index in [4.69, 9.17) is 4.74 Å². The fourth-order valence-electron chi connectivity index (χ4n) is 5.50. The lowest BCUT2D eigenvalue weighted by atomic mass is 10.0. The van der Waals surface area contributed by atoms with Gasteiger partial charge in [0.25, 0.3) is 5.91 Å². The van der Waals surface area contributed by atoms with Gasteiger partial charge in [0.1, 0.15) is 6.07 Å². The molecule has 2 fully saturated rings. The molecule has 188 valence electrons. The number of aromatic nitrogens is 3. The summed E-state index contributed by atoms with van der Waals surface area (Å²) in [7, 11) is 1.83. The van der Waals surface area contributed by atoms with E-state index in [1.54, 1.807) is 17.1 Å². The van der Waals surface area contributed by atoms with Crippen molar-refractivity contribution < 1.29 is 9.53 Å². The minimum Gasteiger partial charge on any atom is -0.370 e. The number of rotatable bonds is 5. The van der Waals surface area contributed by atoms with Crippen molar-refractivity contribution in [3.05, 3.63) is 53.5 Å². The molecule has 1 amide bonds. The number of ether oxygens (including phenoxy) is 1. The van der Waals surface area contributed by atoms with Crippen LogP contribution in [0.25, 0.3) is 10.9 Å². The van der Waals surface area contributed by atoms with Crippen LogP contribution >= 0.6 is 0 Å². The Balaban J connectivity index is 1.19. The number of hydrogen-bond donors (Lipinski definition) is 1. The summed E-state index contributed by atoms with van der Waals surface area (Å²) in [6.07, 6.45) is 5.54. The van der Waals surface area contributed by atoms with Gasteiger partial charge in [-0.15, -0.1) is 0 Å². The van der Waals surface area contributed by atoms with Gasteiger partial charge in [-0.05, 0) is 51.0 Å². The van der Waals surface area contributed by atoms with Crippen LogP contribution in [-0.2, 0) is 11.8 Å². The number of carbonyl (C=O) groups is 1. The number of carbonyl (C=O) groups excluding carboxylic acids is 1. The smallest absolute Gasteiger partial charge is 0.254 e. The number of aryl methyl sites for hydroxylation is 2. The zero-order valence-corrected chi connectivity index (χ0v) is 21.1. The van der Waals surface area contributed by atoms with Crippen molar-refractivity contribution in [1.82, 2.24) is 25.0 Å². The Morgan fingerprint density at radius 2 is 2.06 bits per heavy atom. The predicted molar refractivity (Wildman–Crippen MR) is 138 cm³/mol. The molecule has 0 saturated carbocycles. The minimum atomic E-state index is -0.0386. The molecule has 0 bridgehead atoms. The van der Waals surface area contributed by atoms with Crippen molar-refractivity contribution in [2.75, 3.05) is 37.6 Å². The number of amides is 1. The van der Waals surface area contributed by atoms with E-state index in [2.05, 4.69) is 38.2 Å². The first-order chi connectivity index (χ1) is 17.4. The van der Waals surface area contributed by atoms with E-state index in [0.29, 0.717) is 11.1 Å². The molecule has 2 saturated heterocycles. The van der Waals surface area contributed by atoms with Gasteiger partial charge in [-0.3, -0.25) is 14.5 Å². The highest BCUT2D eigenvalue weighted by Crippen LogP contribution is 2.30. The van der Waals surface area contributed by atoms with Crippen LogP contribution in [0.2, 0.25) is 0 Å². The van der Waals surface area contributed by atoms with E-state index in [1.807, 2.05) is 38.2 Å². The second kappa shape index (κ2) is 10.2. The van der Waals surface area contributed by atoms with Crippen LogP contribution in [0, 0.1) is 18.3 Å². The van der Waals surface area contributed by atoms with Gasteiger partial charge in [-0.1, -0.05) is 0 Å². The molecule has 0 radical (unpaired) electrons. The Kier molecular flexibility index (Phi) is 6.90. The standard InChI is InChI=1S/C27H33N7O2/c1-18-14-34(25-7-6-20(13-28)26-23(25)5-4-10-29-26)16-22(36-18)15-33-11-8-21(9-12-33)30-27(35)24-17-32(3)31-19(24)2/h4-7,10,17-18,21-22H,8-9,11-12,14-16H2,1-3H3,(H,30,35)/t18-,22+/m1/s1. The number of piperidine rings is 1. The van der Waals surface area contributed by atoms with E-state index >= 15 is 0 Å². The van der Waals surface area contributed by atoms with Gasteiger partial charge in [-0.2, -0.15) is 10.4 Å². The number of likely N-dealkylation sites (tertiary alicyclic amines) is 1. The second-order valence-corrected chi connectivity index (χ2v) is 9.97. The van der Waals surface area contributed by atoms with Gasteiger partial charge in [-0.25, -0.2) is 0 Å². The predicted octanol–water partition coefficient (Wildman–Crippen LogP) is 2.64. The monoisotopic (exact) mass is 487 g/mol. The number of pyridine rings is 1. The third-order valence-electron chi connectivity index (χ3n) is 7.18. The van der Waals surface area contributed by atoms with Crippen LogP contribution < -0.4 is 10.2 Å². The van der Waals surface area contributed by atoms with E-state index in [1.165, 1.54) is 0 Å². The number of fused-ring (bicyclic) bond motifs is 1. The first kappa shape index (κ1) is 24.2. The molecule has 0 aliphatic carbocycles. The molecule has 0 spiro atoms. The van der Waals surface area contributed by atoms with Crippen molar-refractivity contribution >= 4 is 22.5 Å². The van der Waals surface area contributed by atoms with Crippen molar-refractivity contribution in [3.63, 3.8) is 0 Å². The highest BCUT2D eigenvalue weighted by atomic mass is 16.5. The molecule has 4 heterocycles. The molecule has 0 unspecified atom stereocenters. The molecule has 2 aliphatic rings. The van der Waals surface area contributed by atoms with Crippen LogP contribution in [0.3, 0.4) is 0 Å². The topological polar surface area (TPSA) is 99.3 Å². The number of nitrogens with one attached hydrogen (secondary N) is 1. The van der Waals surface area contributed by atoms with Crippen LogP contribution in [0.1, 0.15) is 41.4 Å². The van der Waals surface area contributed by atoms with E-state index in [9.17, 15) is 10.1 Å². The average molecular weight is 488 g/mol. The van der Waals surface area contributed by atoms with Crippen LogP contribution in [0.15, 0.2) is 36.7 Å². The van der Waals surface area contributed by atoms with Gasteiger partial charge >= 0.3 is 0 Å². The zero-order valence-electron chi connectivity index (χ0n) is 21.1. The van der Waals surface area contributed by atoms with Crippen molar-refractivity contribution in [1.29, 1.82) is 5.26 Å². The Morgan fingerprint density at radius 3 is 2.78 bits per heavy atom. The largest absolute Gasteiger partial charge is 0.370 e. The van der Waals surface area contributed by atoms with Gasteiger partial charge in [0.05, 0.1) is 34.5 Å². The summed E-state index contributed by atoms with van der Waals surface area (Å²) in [6, 6.07) is 10.3.